The number of hydrogen-bond donors (Lipinski definition) is 1. The van der Waals surface area contributed by atoms with E-state index >= 15 is 0 Å². The van der Waals surface area contributed by atoms with Gasteiger partial charge in [0.05, 0.1) is 11.3 Å². The number of thiazole rings is 1. The van der Waals surface area contributed by atoms with Crippen molar-refractivity contribution in [2.24, 2.45) is 0 Å². The molecule has 0 saturated carbocycles. The van der Waals surface area contributed by atoms with Crippen LogP contribution in [-0.2, 0) is 0 Å². The number of rotatable bonds is 3. The lowest BCUT2D eigenvalue weighted by atomic mass is 10.2. The summed E-state index contributed by atoms with van der Waals surface area (Å²) in [5.74, 6) is 0.00378. The minimum Gasteiger partial charge on any atom is -0.296 e. The fourth-order valence-corrected chi connectivity index (χ4v) is 2.23. The smallest absolute Gasteiger partial charge is 0.276 e. The van der Waals surface area contributed by atoms with E-state index in [-0.39, 0.29) is 11.6 Å². The van der Waals surface area contributed by atoms with Crippen molar-refractivity contribution in [2.45, 2.75) is 19.8 Å². The number of pyridine rings is 1. The number of carbonyl (C=O) groups is 1. The average Bonchev–Trinajstić information content (AvgIpc) is 2.87. The third kappa shape index (κ3) is 3.14. The lowest BCUT2D eigenvalue weighted by Gasteiger charge is -2.01. The zero-order chi connectivity index (χ0) is 13.8. The Morgan fingerprint density at radius 3 is 2.79 bits per heavy atom. The Morgan fingerprint density at radius 1 is 1.47 bits per heavy atom. The summed E-state index contributed by atoms with van der Waals surface area (Å²) in [7, 11) is 0. The van der Waals surface area contributed by atoms with E-state index in [1.54, 1.807) is 6.07 Å². The van der Waals surface area contributed by atoms with Crippen molar-refractivity contribution >= 4 is 22.4 Å². The van der Waals surface area contributed by atoms with Crippen LogP contribution in [0.4, 0.5) is 5.13 Å². The molecule has 96 valence electrons. The van der Waals surface area contributed by atoms with E-state index in [0.29, 0.717) is 16.6 Å². The van der Waals surface area contributed by atoms with Crippen molar-refractivity contribution in [3.63, 3.8) is 0 Å². The Hall–Kier alpha value is -2.26. The number of hydrogen-bond acceptors (Lipinski definition) is 5. The van der Waals surface area contributed by atoms with Gasteiger partial charge in [0, 0.05) is 11.6 Å². The number of aromatic nitrogens is 2. The van der Waals surface area contributed by atoms with E-state index in [0.717, 1.165) is 5.69 Å². The van der Waals surface area contributed by atoms with Crippen LogP contribution >= 0.6 is 11.3 Å². The van der Waals surface area contributed by atoms with Crippen molar-refractivity contribution in [1.29, 1.82) is 5.26 Å². The largest absolute Gasteiger partial charge is 0.296 e. The molecule has 1 amide bonds. The van der Waals surface area contributed by atoms with Crippen molar-refractivity contribution in [3.05, 3.63) is 40.7 Å². The van der Waals surface area contributed by atoms with Crippen molar-refractivity contribution in [1.82, 2.24) is 9.97 Å². The second-order valence-corrected chi connectivity index (χ2v) is 5.09. The van der Waals surface area contributed by atoms with Gasteiger partial charge in [-0.2, -0.15) is 5.26 Å². The van der Waals surface area contributed by atoms with Crippen LogP contribution in [0.15, 0.2) is 23.7 Å². The lowest BCUT2D eigenvalue weighted by molar-refractivity contribution is 0.102. The fourth-order valence-electron chi connectivity index (χ4n) is 1.36. The highest BCUT2D eigenvalue weighted by Crippen LogP contribution is 2.21. The molecule has 0 unspecified atom stereocenters. The topological polar surface area (TPSA) is 78.7 Å². The first-order chi connectivity index (χ1) is 9.10. The molecule has 5 nitrogen and oxygen atoms in total. The van der Waals surface area contributed by atoms with Gasteiger partial charge in [-0.05, 0) is 18.1 Å². The maximum Gasteiger partial charge on any atom is 0.276 e. The van der Waals surface area contributed by atoms with Gasteiger partial charge in [-0.15, -0.1) is 11.3 Å². The van der Waals surface area contributed by atoms with Crippen LogP contribution < -0.4 is 5.32 Å². The maximum atomic E-state index is 11.9. The molecule has 0 spiro atoms. The highest BCUT2D eigenvalue weighted by Gasteiger charge is 2.11. The SMILES string of the molecule is CC(C)c1csc(NC(=O)c2ccc(C#N)cn2)n1. The molecule has 0 bridgehead atoms. The monoisotopic (exact) mass is 272 g/mol. The molecule has 0 saturated heterocycles. The zero-order valence-corrected chi connectivity index (χ0v) is 11.4. The Morgan fingerprint density at radius 2 is 2.26 bits per heavy atom. The van der Waals surface area contributed by atoms with Gasteiger partial charge in [-0.1, -0.05) is 13.8 Å². The molecule has 0 atom stereocenters. The van der Waals surface area contributed by atoms with Gasteiger partial charge in [-0.25, -0.2) is 9.97 Å². The second kappa shape index (κ2) is 5.59. The van der Waals surface area contributed by atoms with E-state index < -0.39 is 0 Å². The normalized spacial score (nSPS) is 10.2. The van der Waals surface area contributed by atoms with Gasteiger partial charge in [0.15, 0.2) is 5.13 Å². The Kier molecular flexibility index (Phi) is 3.88. The van der Waals surface area contributed by atoms with E-state index in [4.69, 9.17) is 5.26 Å². The van der Waals surface area contributed by atoms with E-state index in [2.05, 4.69) is 15.3 Å². The van der Waals surface area contributed by atoms with Crippen LogP contribution in [0.25, 0.3) is 0 Å². The van der Waals surface area contributed by atoms with Gasteiger partial charge < -0.3 is 0 Å². The van der Waals surface area contributed by atoms with Crippen LogP contribution in [0.1, 0.15) is 41.5 Å². The minimum atomic E-state index is -0.325. The molecule has 0 aliphatic rings. The molecular weight excluding hydrogens is 260 g/mol. The van der Waals surface area contributed by atoms with Crippen LogP contribution in [-0.4, -0.2) is 15.9 Å². The molecule has 0 aliphatic carbocycles. The Labute approximate surface area is 114 Å². The molecular formula is C13H12N4OS. The van der Waals surface area contributed by atoms with Gasteiger partial charge in [0.1, 0.15) is 11.8 Å². The third-order valence-corrected chi connectivity index (χ3v) is 3.24. The number of amides is 1. The fraction of sp³-hybridized carbons (Fsp3) is 0.231. The van der Waals surface area contributed by atoms with Crippen molar-refractivity contribution in [3.8, 4) is 6.07 Å². The minimum absolute atomic E-state index is 0.264. The molecule has 0 fully saturated rings. The predicted molar refractivity (Wildman–Crippen MR) is 73.1 cm³/mol. The molecule has 2 heterocycles. The molecule has 19 heavy (non-hydrogen) atoms. The molecule has 0 aromatic carbocycles. The van der Waals surface area contributed by atoms with Crippen molar-refractivity contribution < 1.29 is 4.79 Å². The average molecular weight is 272 g/mol. The Bertz CT molecular complexity index is 625. The molecule has 0 radical (unpaired) electrons. The van der Waals surface area contributed by atoms with Crippen LogP contribution in [0, 0.1) is 11.3 Å². The van der Waals surface area contributed by atoms with Crippen LogP contribution in [0.3, 0.4) is 0 Å². The first kappa shape index (κ1) is 13.2. The number of anilines is 1. The van der Waals surface area contributed by atoms with Gasteiger partial charge >= 0.3 is 0 Å². The van der Waals surface area contributed by atoms with Gasteiger partial charge in [0.2, 0.25) is 0 Å². The quantitative estimate of drug-likeness (QED) is 0.931. The summed E-state index contributed by atoms with van der Waals surface area (Å²) >= 11 is 1.39. The summed E-state index contributed by atoms with van der Waals surface area (Å²) in [5.41, 5.74) is 1.64. The summed E-state index contributed by atoms with van der Waals surface area (Å²) in [6.45, 7) is 4.09. The number of carbonyl (C=O) groups excluding carboxylic acids is 1. The Balaban J connectivity index is 2.09. The summed E-state index contributed by atoms with van der Waals surface area (Å²) in [5, 5.41) is 13.8. The predicted octanol–water partition coefficient (Wildman–Crippen LogP) is 2.79. The lowest BCUT2D eigenvalue weighted by Crippen LogP contribution is -2.13. The summed E-state index contributed by atoms with van der Waals surface area (Å²) in [6.07, 6.45) is 1.37. The number of nitrogens with zero attached hydrogens (tertiary/aromatic N) is 3. The zero-order valence-electron chi connectivity index (χ0n) is 10.5. The van der Waals surface area contributed by atoms with E-state index in [1.807, 2.05) is 25.3 Å². The van der Waals surface area contributed by atoms with Gasteiger partial charge in [-0.3, -0.25) is 10.1 Å². The number of nitriles is 1. The maximum absolute atomic E-state index is 11.9. The highest BCUT2D eigenvalue weighted by atomic mass is 32.1. The molecule has 2 aromatic rings. The molecule has 6 heteroatoms. The molecule has 2 rings (SSSR count). The van der Waals surface area contributed by atoms with Gasteiger partial charge in [0.25, 0.3) is 5.91 Å². The molecule has 0 aliphatic heterocycles. The van der Waals surface area contributed by atoms with Crippen molar-refractivity contribution in [2.75, 3.05) is 5.32 Å². The summed E-state index contributed by atoms with van der Waals surface area (Å²) in [4.78, 5) is 20.1. The molecule has 2 aromatic heterocycles. The second-order valence-electron chi connectivity index (χ2n) is 4.23. The third-order valence-electron chi connectivity index (χ3n) is 2.46. The first-order valence-electron chi connectivity index (χ1n) is 5.73. The standard InChI is InChI=1S/C13H12N4OS/c1-8(2)11-7-19-13(16-11)17-12(18)10-4-3-9(5-14)6-15-10/h3-4,6-8H,1-2H3,(H,16,17,18). The van der Waals surface area contributed by atoms with E-state index in [1.165, 1.54) is 23.6 Å². The van der Waals surface area contributed by atoms with Crippen LogP contribution in [0.5, 0.6) is 0 Å². The van der Waals surface area contributed by atoms with E-state index in [9.17, 15) is 4.79 Å². The number of nitrogens with one attached hydrogen (secondary N) is 1. The summed E-state index contributed by atoms with van der Waals surface area (Å²) in [6, 6.07) is 5.03. The summed E-state index contributed by atoms with van der Waals surface area (Å²) < 4.78 is 0. The highest BCUT2D eigenvalue weighted by molar-refractivity contribution is 7.14. The molecule has 1 N–H and O–H groups in total. The van der Waals surface area contributed by atoms with Crippen LogP contribution in [0.2, 0.25) is 0 Å². The first-order valence-corrected chi connectivity index (χ1v) is 6.61.